The first-order valence-corrected chi connectivity index (χ1v) is 8.29. The van der Waals surface area contributed by atoms with Crippen LogP contribution in [0.2, 0.25) is 0 Å². The fraction of sp³-hybridized carbons (Fsp3) is 0.647. The molecule has 1 aliphatic carbocycles. The Labute approximate surface area is 132 Å². The van der Waals surface area contributed by atoms with Crippen molar-refractivity contribution in [3.63, 3.8) is 0 Å². The number of carbonyl (C=O) groups is 1. The molecule has 1 amide bonds. The van der Waals surface area contributed by atoms with Gasteiger partial charge in [0, 0.05) is 25.8 Å². The molecule has 1 fully saturated rings. The van der Waals surface area contributed by atoms with Crippen molar-refractivity contribution in [2.75, 3.05) is 24.5 Å². The zero-order chi connectivity index (χ0) is 16.0. The van der Waals surface area contributed by atoms with Gasteiger partial charge in [-0.3, -0.25) is 4.79 Å². The van der Waals surface area contributed by atoms with Crippen LogP contribution in [-0.2, 0) is 0 Å². The van der Waals surface area contributed by atoms with Crippen LogP contribution >= 0.6 is 0 Å². The maximum Gasteiger partial charge on any atom is 0.252 e. The van der Waals surface area contributed by atoms with Gasteiger partial charge in [0.05, 0.1) is 11.2 Å². The van der Waals surface area contributed by atoms with E-state index in [9.17, 15) is 9.90 Å². The normalized spacial score (nSPS) is 17.0. The first kappa shape index (κ1) is 16.7. The topological polar surface area (TPSA) is 65.5 Å². The zero-order valence-electron chi connectivity index (χ0n) is 13.6. The van der Waals surface area contributed by atoms with Gasteiger partial charge < -0.3 is 15.3 Å². The molecule has 0 saturated heterocycles. The maximum absolute atomic E-state index is 12.2. The third-order valence-electron chi connectivity index (χ3n) is 4.46. The van der Waals surface area contributed by atoms with Gasteiger partial charge in [0.2, 0.25) is 0 Å². The van der Waals surface area contributed by atoms with Gasteiger partial charge in [-0.05, 0) is 38.8 Å². The highest BCUT2D eigenvalue weighted by Crippen LogP contribution is 2.27. The Morgan fingerprint density at radius 3 is 2.50 bits per heavy atom. The highest BCUT2D eigenvalue weighted by molar-refractivity contribution is 5.94. The predicted octanol–water partition coefficient (Wildman–Crippen LogP) is 2.35. The van der Waals surface area contributed by atoms with E-state index in [1.165, 1.54) is 6.42 Å². The number of pyridine rings is 1. The van der Waals surface area contributed by atoms with Crippen molar-refractivity contribution in [3.8, 4) is 0 Å². The van der Waals surface area contributed by atoms with Gasteiger partial charge in [0.15, 0.2) is 0 Å². The molecule has 0 aromatic carbocycles. The number of nitrogens with zero attached hydrogens (tertiary/aromatic N) is 2. The van der Waals surface area contributed by atoms with E-state index in [1.54, 1.807) is 12.3 Å². The Morgan fingerprint density at radius 2 is 1.95 bits per heavy atom. The van der Waals surface area contributed by atoms with E-state index in [-0.39, 0.29) is 5.91 Å². The number of hydrogen-bond acceptors (Lipinski definition) is 4. The van der Waals surface area contributed by atoms with Crippen molar-refractivity contribution < 1.29 is 9.90 Å². The number of carbonyl (C=O) groups excluding carboxylic acids is 1. The lowest BCUT2D eigenvalue weighted by Gasteiger charge is -2.32. The van der Waals surface area contributed by atoms with Crippen LogP contribution in [0.5, 0.6) is 0 Å². The summed E-state index contributed by atoms with van der Waals surface area (Å²) in [6.07, 6.45) is 6.39. The molecule has 0 atom stereocenters. The fourth-order valence-corrected chi connectivity index (χ4v) is 2.99. The monoisotopic (exact) mass is 305 g/mol. The zero-order valence-corrected chi connectivity index (χ0v) is 13.6. The number of amides is 1. The number of rotatable bonds is 6. The summed E-state index contributed by atoms with van der Waals surface area (Å²) >= 11 is 0. The molecule has 1 aliphatic rings. The van der Waals surface area contributed by atoms with Crippen LogP contribution in [0.25, 0.3) is 0 Å². The van der Waals surface area contributed by atoms with Crippen molar-refractivity contribution in [3.05, 3.63) is 23.9 Å². The quantitative estimate of drug-likeness (QED) is 0.847. The minimum absolute atomic E-state index is 0.169. The van der Waals surface area contributed by atoms with Gasteiger partial charge in [0.25, 0.3) is 5.91 Å². The van der Waals surface area contributed by atoms with Crippen LogP contribution in [-0.4, -0.2) is 41.2 Å². The Morgan fingerprint density at radius 1 is 1.27 bits per heavy atom. The van der Waals surface area contributed by atoms with Gasteiger partial charge in [-0.15, -0.1) is 0 Å². The lowest BCUT2D eigenvalue weighted by atomic mass is 9.85. The van der Waals surface area contributed by atoms with E-state index in [4.69, 9.17) is 0 Å². The van der Waals surface area contributed by atoms with Crippen molar-refractivity contribution in [1.29, 1.82) is 0 Å². The largest absolute Gasteiger partial charge is 0.388 e. The molecule has 5 nitrogen and oxygen atoms in total. The first-order chi connectivity index (χ1) is 10.6. The van der Waals surface area contributed by atoms with Crippen LogP contribution in [0.15, 0.2) is 18.3 Å². The maximum atomic E-state index is 12.2. The van der Waals surface area contributed by atoms with Crippen molar-refractivity contribution >= 4 is 11.7 Å². The average molecular weight is 305 g/mol. The molecule has 1 saturated carbocycles. The fourth-order valence-electron chi connectivity index (χ4n) is 2.99. The molecule has 2 N–H and O–H groups in total. The third kappa shape index (κ3) is 4.19. The number of anilines is 1. The van der Waals surface area contributed by atoms with Crippen LogP contribution in [0.3, 0.4) is 0 Å². The molecule has 0 radical (unpaired) electrons. The molecule has 5 heteroatoms. The van der Waals surface area contributed by atoms with Crippen LogP contribution in [0.4, 0.5) is 5.82 Å². The summed E-state index contributed by atoms with van der Waals surface area (Å²) < 4.78 is 0. The third-order valence-corrected chi connectivity index (χ3v) is 4.46. The first-order valence-electron chi connectivity index (χ1n) is 8.29. The second kappa shape index (κ2) is 7.58. The minimum Gasteiger partial charge on any atom is -0.388 e. The Hall–Kier alpha value is -1.62. The second-order valence-corrected chi connectivity index (χ2v) is 6.05. The number of nitrogens with one attached hydrogen (secondary N) is 1. The molecule has 1 aromatic rings. The summed E-state index contributed by atoms with van der Waals surface area (Å²) in [6, 6.07) is 3.66. The molecule has 1 aromatic heterocycles. The van der Waals surface area contributed by atoms with E-state index >= 15 is 0 Å². The summed E-state index contributed by atoms with van der Waals surface area (Å²) in [5.74, 6) is 0.713. The highest BCUT2D eigenvalue weighted by atomic mass is 16.3. The lowest BCUT2D eigenvalue weighted by Crippen LogP contribution is -2.44. The second-order valence-electron chi connectivity index (χ2n) is 6.05. The smallest absolute Gasteiger partial charge is 0.252 e. The van der Waals surface area contributed by atoms with Crippen LogP contribution in [0.1, 0.15) is 56.3 Å². The van der Waals surface area contributed by atoms with Gasteiger partial charge in [-0.25, -0.2) is 4.98 Å². The van der Waals surface area contributed by atoms with E-state index in [0.29, 0.717) is 12.1 Å². The molecule has 0 bridgehead atoms. The Balaban J connectivity index is 1.92. The molecular formula is C17H27N3O2. The van der Waals surface area contributed by atoms with E-state index < -0.39 is 5.60 Å². The Kier molecular flexibility index (Phi) is 5.77. The lowest BCUT2D eigenvalue weighted by molar-refractivity contribution is 0.00525. The SMILES string of the molecule is CCN(CC)c1ccc(C(=O)NCC2(O)CCCCC2)cn1. The summed E-state index contributed by atoms with van der Waals surface area (Å²) in [5, 5.41) is 13.3. The van der Waals surface area contributed by atoms with Gasteiger partial charge in [-0.2, -0.15) is 0 Å². The van der Waals surface area contributed by atoms with Crippen molar-refractivity contribution in [2.45, 2.75) is 51.6 Å². The number of aliphatic hydroxyl groups is 1. The molecule has 2 rings (SSSR count). The number of hydrogen-bond donors (Lipinski definition) is 2. The molecule has 1 heterocycles. The highest BCUT2D eigenvalue weighted by Gasteiger charge is 2.29. The molecular weight excluding hydrogens is 278 g/mol. The minimum atomic E-state index is -0.734. The summed E-state index contributed by atoms with van der Waals surface area (Å²) in [4.78, 5) is 18.7. The van der Waals surface area contributed by atoms with Crippen molar-refractivity contribution in [2.24, 2.45) is 0 Å². The van der Waals surface area contributed by atoms with E-state index in [0.717, 1.165) is 44.6 Å². The average Bonchev–Trinajstić information content (AvgIpc) is 2.55. The Bertz CT molecular complexity index is 477. The van der Waals surface area contributed by atoms with Crippen LogP contribution < -0.4 is 10.2 Å². The predicted molar refractivity (Wildman–Crippen MR) is 88.2 cm³/mol. The van der Waals surface area contributed by atoms with Gasteiger partial charge in [-0.1, -0.05) is 19.3 Å². The van der Waals surface area contributed by atoms with Gasteiger partial charge >= 0.3 is 0 Å². The molecule has 0 spiro atoms. The molecule has 22 heavy (non-hydrogen) atoms. The molecule has 122 valence electrons. The molecule has 0 aliphatic heterocycles. The summed E-state index contributed by atoms with van der Waals surface area (Å²) in [5.41, 5.74) is -0.196. The van der Waals surface area contributed by atoms with Crippen molar-refractivity contribution in [1.82, 2.24) is 10.3 Å². The number of aromatic nitrogens is 1. The summed E-state index contributed by atoms with van der Waals surface area (Å²) in [7, 11) is 0. The van der Waals surface area contributed by atoms with Crippen LogP contribution in [0, 0.1) is 0 Å². The summed E-state index contributed by atoms with van der Waals surface area (Å²) in [6.45, 7) is 6.26. The van der Waals surface area contributed by atoms with E-state index in [2.05, 4.69) is 29.0 Å². The molecule has 0 unspecified atom stereocenters. The van der Waals surface area contributed by atoms with Gasteiger partial charge in [0.1, 0.15) is 5.82 Å². The van der Waals surface area contributed by atoms with E-state index in [1.807, 2.05) is 6.07 Å². The standard InChI is InChI=1S/C17H27N3O2/c1-3-20(4-2)15-9-8-14(12-18-15)16(21)19-13-17(22)10-6-5-7-11-17/h8-9,12,22H,3-7,10-11,13H2,1-2H3,(H,19,21).